The van der Waals surface area contributed by atoms with Gasteiger partial charge in [0, 0.05) is 23.2 Å². The Morgan fingerprint density at radius 2 is 1.79 bits per heavy atom. The van der Waals surface area contributed by atoms with Gasteiger partial charge in [0.15, 0.2) is 6.23 Å². The summed E-state index contributed by atoms with van der Waals surface area (Å²) in [4.78, 5) is 38.4. The summed E-state index contributed by atoms with van der Waals surface area (Å²) in [5.41, 5.74) is 8.73. The van der Waals surface area contributed by atoms with Gasteiger partial charge in [0.05, 0.1) is 6.04 Å². The lowest BCUT2D eigenvalue weighted by Gasteiger charge is -2.29. The molecule has 1 unspecified atom stereocenters. The first-order valence-corrected chi connectivity index (χ1v) is 10.8. The number of aliphatic hydroxyl groups excluding tert-OH is 1. The highest BCUT2D eigenvalue weighted by Crippen LogP contribution is 2.32. The summed E-state index contributed by atoms with van der Waals surface area (Å²) in [5.74, 6) is -0.814. The van der Waals surface area contributed by atoms with Crippen molar-refractivity contribution in [3.63, 3.8) is 0 Å². The Morgan fingerprint density at radius 3 is 2.33 bits per heavy atom. The highest BCUT2D eigenvalue weighted by atomic mass is 16.6. The number of amides is 3. The smallest absolute Gasteiger partial charge is 0.407 e. The van der Waals surface area contributed by atoms with Crippen molar-refractivity contribution in [3.8, 4) is 0 Å². The van der Waals surface area contributed by atoms with Crippen LogP contribution in [0.1, 0.15) is 70.0 Å². The lowest BCUT2D eigenvalue weighted by Crippen LogP contribution is -2.47. The number of alkyl carbamates (subject to hydrolysis) is 1. The summed E-state index contributed by atoms with van der Waals surface area (Å²) in [5, 5.41) is 13.6. The number of carbonyl (C=O) groups is 3. The molecule has 0 aromatic heterocycles. The van der Waals surface area contributed by atoms with Crippen LogP contribution in [0.25, 0.3) is 0 Å². The maximum absolute atomic E-state index is 12.9. The highest BCUT2D eigenvalue weighted by Gasteiger charge is 2.37. The third kappa shape index (κ3) is 5.51. The number of benzene rings is 2. The van der Waals surface area contributed by atoms with E-state index in [-0.39, 0.29) is 12.5 Å². The first-order chi connectivity index (χ1) is 15.4. The number of aliphatic hydroxyl groups is 1. The minimum Gasteiger partial charge on any atom is -0.444 e. The number of nitrogens with one attached hydrogen (secondary N) is 1. The van der Waals surface area contributed by atoms with Crippen molar-refractivity contribution in [2.45, 2.75) is 58.9 Å². The molecule has 1 aliphatic rings. The molecule has 4 N–H and O–H groups in total. The van der Waals surface area contributed by atoms with Crippen LogP contribution in [0.3, 0.4) is 0 Å². The minimum atomic E-state index is -1.10. The van der Waals surface area contributed by atoms with Gasteiger partial charge in [-0.1, -0.05) is 18.2 Å². The molecule has 2 aromatic rings. The van der Waals surface area contributed by atoms with Gasteiger partial charge < -0.3 is 25.8 Å². The summed E-state index contributed by atoms with van der Waals surface area (Å²) in [6, 6.07) is 9.77. The molecule has 3 amide bonds. The van der Waals surface area contributed by atoms with Gasteiger partial charge in [0.25, 0.3) is 5.91 Å². The number of nitrogens with zero attached hydrogens (tertiary/aromatic N) is 1. The molecule has 0 radical (unpaired) electrons. The third-order valence-corrected chi connectivity index (χ3v) is 5.59. The molecule has 0 fully saturated rings. The second kappa shape index (κ2) is 9.23. The van der Waals surface area contributed by atoms with E-state index in [0.717, 1.165) is 16.7 Å². The summed E-state index contributed by atoms with van der Waals surface area (Å²) in [7, 11) is 0. The Balaban J connectivity index is 1.89. The Labute approximate surface area is 193 Å². The topological polar surface area (TPSA) is 122 Å². The molecule has 33 heavy (non-hydrogen) atoms. The highest BCUT2D eigenvalue weighted by molar-refractivity contribution is 5.99. The maximum Gasteiger partial charge on any atom is 0.407 e. The Kier molecular flexibility index (Phi) is 6.78. The van der Waals surface area contributed by atoms with Gasteiger partial charge in [0.1, 0.15) is 5.60 Å². The Morgan fingerprint density at radius 1 is 1.18 bits per heavy atom. The molecule has 2 aromatic carbocycles. The molecule has 3 rings (SSSR count). The predicted octanol–water partition coefficient (Wildman–Crippen LogP) is 2.99. The molecule has 2 atom stereocenters. The van der Waals surface area contributed by atoms with E-state index in [1.807, 2.05) is 13.8 Å². The second-order valence-electron chi connectivity index (χ2n) is 9.42. The zero-order valence-electron chi connectivity index (χ0n) is 19.6. The molecule has 8 nitrogen and oxygen atoms in total. The third-order valence-electron chi connectivity index (χ3n) is 5.59. The van der Waals surface area contributed by atoms with Gasteiger partial charge in [-0.3, -0.25) is 9.59 Å². The van der Waals surface area contributed by atoms with E-state index in [1.54, 1.807) is 57.2 Å². The molecule has 8 heteroatoms. The molecule has 176 valence electrons. The minimum absolute atomic E-state index is 0.0738. The number of primary amides is 1. The number of fused-ring (bicyclic) bond motifs is 1. The van der Waals surface area contributed by atoms with Crippen molar-refractivity contribution >= 4 is 17.9 Å². The molecule has 0 spiro atoms. The van der Waals surface area contributed by atoms with E-state index in [2.05, 4.69) is 5.32 Å². The van der Waals surface area contributed by atoms with Gasteiger partial charge in [-0.15, -0.1) is 0 Å². The van der Waals surface area contributed by atoms with Gasteiger partial charge in [-0.2, -0.15) is 0 Å². The zero-order valence-corrected chi connectivity index (χ0v) is 19.6. The van der Waals surface area contributed by atoms with E-state index in [0.29, 0.717) is 23.1 Å². The molecule has 0 aliphatic carbocycles. The van der Waals surface area contributed by atoms with Gasteiger partial charge in [-0.25, -0.2) is 4.79 Å². The second-order valence-corrected chi connectivity index (χ2v) is 9.42. The number of aryl methyl sites for hydroxylation is 2. The van der Waals surface area contributed by atoms with E-state index in [4.69, 9.17) is 10.5 Å². The summed E-state index contributed by atoms with van der Waals surface area (Å²) < 4.78 is 5.42. The summed E-state index contributed by atoms with van der Waals surface area (Å²) in [6.07, 6.45) is -1.35. The molecule has 0 saturated heterocycles. The van der Waals surface area contributed by atoms with Gasteiger partial charge in [0.2, 0.25) is 5.91 Å². The average molecular weight is 454 g/mol. The van der Waals surface area contributed by atoms with Gasteiger partial charge in [-0.05, 0) is 75.9 Å². The summed E-state index contributed by atoms with van der Waals surface area (Å²) >= 11 is 0. The molecule has 0 bridgehead atoms. The number of ether oxygens (including phenoxy) is 1. The average Bonchev–Trinajstić information content (AvgIpc) is 2.94. The lowest BCUT2D eigenvalue weighted by atomic mass is 9.93. The molecular formula is C25H31N3O5. The lowest BCUT2D eigenvalue weighted by molar-refractivity contribution is 0.0108. The predicted molar refractivity (Wildman–Crippen MR) is 124 cm³/mol. The number of hydrogen-bond acceptors (Lipinski definition) is 5. The van der Waals surface area contributed by atoms with Crippen molar-refractivity contribution in [2.75, 3.05) is 6.54 Å². The SMILES string of the molecule is Cc1cc(C(N)=O)cc(C)c1C[C@@H](CN1C(=O)c2ccccc2C1O)NC(=O)OC(C)(C)C. The van der Waals surface area contributed by atoms with Crippen LogP contribution in [-0.2, 0) is 11.2 Å². The number of carbonyl (C=O) groups excluding carboxylic acids is 3. The van der Waals surface area contributed by atoms with Crippen LogP contribution in [0.4, 0.5) is 4.79 Å². The fourth-order valence-corrected chi connectivity index (χ4v) is 4.11. The number of rotatable bonds is 6. The normalized spacial score (nSPS) is 16.4. The molecule has 1 heterocycles. The Hall–Kier alpha value is -3.39. The monoisotopic (exact) mass is 453 g/mol. The van der Waals surface area contributed by atoms with Crippen LogP contribution in [0.2, 0.25) is 0 Å². The number of hydrogen-bond donors (Lipinski definition) is 3. The van der Waals surface area contributed by atoms with Crippen molar-refractivity contribution in [1.29, 1.82) is 0 Å². The van der Waals surface area contributed by atoms with Crippen molar-refractivity contribution < 1.29 is 24.2 Å². The largest absolute Gasteiger partial charge is 0.444 e. The van der Waals surface area contributed by atoms with Crippen LogP contribution in [0.5, 0.6) is 0 Å². The van der Waals surface area contributed by atoms with E-state index in [9.17, 15) is 19.5 Å². The molecular weight excluding hydrogens is 422 g/mol. The van der Waals surface area contributed by atoms with Crippen molar-refractivity contribution in [2.24, 2.45) is 5.73 Å². The quantitative estimate of drug-likeness (QED) is 0.621. The van der Waals surface area contributed by atoms with Crippen molar-refractivity contribution in [1.82, 2.24) is 10.2 Å². The fraction of sp³-hybridized carbons (Fsp3) is 0.400. The van der Waals surface area contributed by atoms with Crippen LogP contribution >= 0.6 is 0 Å². The zero-order chi connectivity index (χ0) is 24.5. The van der Waals surface area contributed by atoms with Crippen LogP contribution < -0.4 is 11.1 Å². The Bertz CT molecular complexity index is 1070. The first-order valence-electron chi connectivity index (χ1n) is 10.8. The standard InChI is InChI=1S/C25H31N3O5/c1-14-10-16(21(26)29)11-15(2)20(14)12-17(27-24(32)33-25(3,4)5)13-28-22(30)18-8-6-7-9-19(18)23(28)31/h6-11,17,22,30H,12-13H2,1-5H3,(H2,26,29)(H,27,32)/t17-,22?/m0/s1. The van der Waals surface area contributed by atoms with E-state index in [1.165, 1.54) is 4.90 Å². The summed E-state index contributed by atoms with van der Waals surface area (Å²) in [6.45, 7) is 9.11. The van der Waals surface area contributed by atoms with Crippen LogP contribution in [0, 0.1) is 13.8 Å². The van der Waals surface area contributed by atoms with Crippen LogP contribution in [0.15, 0.2) is 36.4 Å². The fourth-order valence-electron chi connectivity index (χ4n) is 4.11. The van der Waals surface area contributed by atoms with Crippen molar-refractivity contribution in [3.05, 3.63) is 69.8 Å². The maximum atomic E-state index is 12.9. The molecule has 0 saturated carbocycles. The molecule has 1 aliphatic heterocycles. The van der Waals surface area contributed by atoms with Gasteiger partial charge >= 0.3 is 6.09 Å². The van der Waals surface area contributed by atoms with Crippen LogP contribution in [-0.4, -0.2) is 46.1 Å². The van der Waals surface area contributed by atoms with E-state index >= 15 is 0 Å². The number of nitrogens with two attached hydrogens (primary N) is 1. The first kappa shape index (κ1) is 24.3. The van der Waals surface area contributed by atoms with E-state index < -0.39 is 29.9 Å².